The normalized spacial score (nSPS) is 14.6. The lowest BCUT2D eigenvalue weighted by Crippen LogP contribution is -2.66. The Morgan fingerprint density at radius 1 is 0.932 bits per heavy atom. The molecule has 316 valence electrons. The van der Waals surface area contributed by atoms with Gasteiger partial charge in [0.25, 0.3) is 8.32 Å². The summed E-state index contributed by atoms with van der Waals surface area (Å²) in [6.07, 6.45) is 3.75. The summed E-state index contributed by atoms with van der Waals surface area (Å²) < 4.78 is 20.0. The molecule has 3 N–H and O–H groups in total. The fraction of sp³-hybridized carbons (Fsp3) is 0.477. The molecule has 14 nitrogen and oxygen atoms in total. The first-order valence-electron chi connectivity index (χ1n) is 20.7. The SMILES string of the molecule is CCC[C@@H](CCO[Si](c1ccccc1)(c1ccccc1)C(C)(C)C)Nc1nc(NC(=O)OC)nc2c(C)nn(Cc3ncc(CN4CCN(CCO)CC4)cc3OC)c12. The molecule has 1 amide bonds. The van der Waals surface area contributed by atoms with E-state index in [2.05, 4.69) is 115 Å². The number of ether oxygens (including phenoxy) is 2. The molecular formula is C44H61N9O5Si. The summed E-state index contributed by atoms with van der Waals surface area (Å²) in [5, 5.41) is 23.0. The first-order chi connectivity index (χ1) is 28.5. The minimum atomic E-state index is -2.75. The topological polar surface area (TPSA) is 152 Å². The smallest absolute Gasteiger partial charge is 0.413 e. The summed E-state index contributed by atoms with van der Waals surface area (Å²) in [4.78, 5) is 31.5. The number of aryl methyl sites for hydroxylation is 1. The van der Waals surface area contributed by atoms with Crippen molar-refractivity contribution in [3.05, 3.63) is 89.9 Å². The zero-order valence-electron chi connectivity index (χ0n) is 35.7. The summed E-state index contributed by atoms with van der Waals surface area (Å²) >= 11 is 0. The van der Waals surface area contributed by atoms with Crippen LogP contribution >= 0.6 is 0 Å². The van der Waals surface area contributed by atoms with E-state index in [1.807, 2.05) is 17.8 Å². The molecule has 0 spiro atoms. The molecule has 1 fully saturated rings. The Balaban J connectivity index is 1.29. The van der Waals surface area contributed by atoms with E-state index in [-0.39, 0.29) is 23.6 Å². The van der Waals surface area contributed by atoms with Gasteiger partial charge in [0, 0.05) is 58.1 Å². The first-order valence-corrected chi connectivity index (χ1v) is 22.6. The molecule has 2 aromatic carbocycles. The van der Waals surface area contributed by atoms with Crippen LogP contribution < -0.4 is 25.7 Å². The number of methoxy groups -OCH3 is 2. The van der Waals surface area contributed by atoms with Crippen molar-refractivity contribution in [3.63, 3.8) is 0 Å². The highest BCUT2D eigenvalue weighted by molar-refractivity contribution is 6.99. The summed E-state index contributed by atoms with van der Waals surface area (Å²) in [7, 11) is 0.224. The summed E-state index contributed by atoms with van der Waals surface area (Å²) in [5.41, 5.74) is 3.76. The highest BCUT2D eigenvalue weighted by Gasteiger charge is 2.50. The fourth-order valence-corrected chi connectivity index (χ4v) is 12.8. The predicted octanol–water partition coefficient (Wildman–Crippen LogP) is 5.42. The number of benzene rings is 2. The van der Waals surface area contributed by atoms with Crippen LogP contribution in [0.3, 0.4) is 0 Å². The Hall–Kier alpha value is -4.93. The molecule has 1 saturated heterocycles. The number of anilines is 2. The van der Waals surface area contributed by atoms with Gasteiger partial charge in [-0.2, -0.15) is 10.1 Å². The van der Waals surface area contributed by atoms with Gasteiger partial charge in [-0.1, -0.05) is 94.8 Å². The number of carbonyl (C=O) groups excluding carboxylic acids is 1. The number of β-amino-alcohol motifs (C(OH)–C–C–N with tert-alkyl or cyclic N) is 1. The van der Waals surface area contributed by atoms with Gasteiger partial charge in [0.15, 0.2) is 5.82 Å². The van der Waals surface area contributed by atoms with E-state index in [0.29, 0.717) is 54.4 Å². The number of piperazine rings is 1. The number of aliphatic hydroxyl groups excluding tert-OH is 1. The molecule has 59 heavy (non-hydrogen) atoms. The standard InChI is InChI=1S/C44H61N9O5Si/c1-8-15-34(20-27-58-59(44(3,4)5,35-16-11-9-12-17-35)36-18-13-10-14-19-36)46-41-40-39(47-42(48-41)49-43(55)57-7)32(2)50-53(40)31-37-38(56-6)28-33(29-45-37)30-52-23-21-51(22-24-52)25-26-54/h9-14,16-19,28-29,34,54H,8,15,20-27,30-31H2,1-7H3,(H2,46,47,48,49,55)/t34-/m0/s1. The van der Waals surface area contributed by atoms with Crippen molar-refractivity contribution in [3.8, 4) is 5.75 Å². The highest BCUT2D eigenvalue weighted by Crippen LogP contribution is 2.37. The second-order valence-electron chi connectivity index (χ2n) is 16.2. The van der Waals surface area contributed by atoms with E-state index in [0.717, 1.165) is 56.8 Å². The largest absolute Gasteiger partial charge is 0.495 e. The van der Waals surface area contributed by atoms with Crippen LogP contribution in [0.5, 0.6) is 5.75 Å². The Labute approximate surface area is 349 Å². The van der Waals surface area contributed by atoms with Crippen molar-refractivity contribution in [1.29, 1.82) is 0 Å². The third-order valence-corrected chi connectivity index (χ3v) is 16.2. The minimum Gasteiger partial charge on any atom is -0.495 e. The number of pyridine rings is 1. The van der Waals surface area contributed by atoms with E-state index in [9.17, 15) is 9.90 Å². The van der Waals surface area contributed by atoms with Crippen molar-refractivity contribution in [1.82, 2.24) is 34.5 Å². The number of nitrogens with zero attached hydrogens (tertiary/aromatic N) is 7. The lowest BCUT2D eigenvalue weighted by molar-refractivity contribution is 0.108. The lowest BCUT2D eigenvalue weighted by Gasteiger charge is -2.43. The Kier molecular flexibility index (Phi) is 14.7. The van der Waals surface area contributed by atoms with E-state index >= 15 is 0 Å². The fourth-order valence-electron chi connectivity index (χ4n) is 8.20. The molecule has 1 atom stereocenters. The molecular weight excluding hydrogens is 763 g/mol. The van der Waals surface area contributed by atoms with Gasteiger partial charge in [-0.25, -0.2) is 9.78 Å². The summed E-state index contributed by atoms with van der Waals surface area (Å²) in [6, 6.07) is 23.4. The average molecular weight is 824 g/mol. The van der Waals surface area contributed by atoms with E-state index in [1.54, 1.807) is 7.11 Å². The van der Waals surface area contributed by atoms with Crippen LogP contribution in [0, 0.1) is 6.92 Å². The quantitative estimate of drug-likeness (QED) is 0.0969. The highest BCUT2D eigenvalue weighted by atomic mass is 28.4. The van der Waals surface area contributed by atoms with Crippen LogP contribution in [-0.2, 0) is 22.3 Å². The molecule has 3 aromatic heterocycles. The predicted molar refractivity (Wildman–Crippen MR) is 235 cm³/mol. The van der Waals surface area contributed by atoms with Crippen LogP contribution in [0.1, 0.15) is 63.9 Å². The number of fused-ring (bicyclic) bond motifs is 1. The number of nitrogens with one attached hydrogen (secondary N) is 2. The third-order valence-electron chi connectivity index (χ3n) is 11.1. The average Bonchev–Trinajstić information content (AvgIpc) is 3.55. The third kappa shape index (κ3) is 10.3. The van der Waals surface area contributed by atoms with E-state index in [4.69, 9.17) is 34.0 Å². The van der Waals surface area contributed by atoms with Crippen molar-refractivity contribution < 1.29 is 23.8 Å². The second-order valence-corrected chi connectivity index (χ2v) is 20.5. The van der Waals surface area contributed by atoms with Crippen LogP contribution in [-0.4, -0.2) is 120 Å². The maximum atomic E-state index is 12.4. The summed E-state index contributed by atoms with van der Waals surface area (Å²) in [6.45, 7) is 17.1. The molecule has 5 aromatic rings. The van der Waals surface area contributed by atoms with Crippen LogP contribution in [0.4, 0.5) is 16.6 Å². The molecule has 0 bridgehead atoms. The van der Waals surface area contributed by atoms with E-state index < -0.39 is 14.4 Å². The van der Waals surface area contributed by atoms with Crippen molar-refractivity contribution in [2.45, 2.75) is 78.1 Å². The monoisotopic (exact) mass is 823 g/mol. The second kappa shape index (κ2) is 19.9. The van der Waals surface area contributed by atoms with Crippen LogP contribution in [0.2, 0.25) is 5.04 Å². The van der Waals surface area contributed by atoms with E-state index in [1.165, 1.54) is 17.5 Å². The number of rotatable bonds is 18. The van der Waals surface area contributed by atoms with Crippen molar-refractivity contribution in [2.75, 3.05) is 70.8 Å². The Morgan fingerprint density at radius 2 is 1.59 bits per heavy atom. The molecule has 0 saturated carbocycles. The van der Waals surface area contributed by atoms with Gasteiger partial charge in [0.2, 0.25) is 5.95 Å². The van der Waals surface area contributed by atoms with Gasteiger partial charge < -0.3 is 24.3 Å². The van der Waals surface area contributed by atoms with Crippen LogP contribution in [0.25, 0.3) is 11.0 Å². The molecule has 0 radical (unpaired) electrons. The Morgan fingerprint density at radius 3 is 2.19 bits per heavy atom. The van der Waals surface area contributed by atoms with Crippen LogP contribution in [0.15, 0.2) is 72.9 Å². The van der Waals surface area contributed by atoms with Gasteiger partial charge in [-0.3, -0.25) is 24.8 Å². The minimum absolute atomic E-state index is 0.0246. The van der Waals surface area contributed by atoms with Gasteiger partial charge >= 0.3 is 6.09 Å². The van der Waals surface area contributed by atoms with Gasteiger partial charge in [-0.15, -0.1) is 0 Å². The number of hydrogen-bond donors (Lipinski definition) is 3. The van der Waals surface area contributed by atoms with Gasteiger partial charge in [-0.05, 0) is 46.8 Å². The zero-order chi connectivity index (χ0) is 42.0. The molecule has 6 rings (SSSR count). The molecule has 0 unspecified atom stereocenters. The number of amides is 1. The maximum absolute atomic E-state index is 12.4. The molecule has 4 heterocycles. The summed E-state index contributed by atoms with van der Waals surface area (Å²) in [5.74, 6) is 1.33. The van der Waals surface area contributed by atoms with Gasteiger partial charge in [0.05, 0.1) is 33.1 Å². The van der Waals surface area contributed by atoms with Crippen molar-refractivity contribution in [2.24, 2.45) is 0 Å². The molecule has 1 aliphatic rings. The molecule has 1 aliphatic heterocycles. The zero-order valence-corrected chi connectivity index (χ0v) is 36.7. The number of carbonyl (C=O) groups is 1. The van der Waals surface area contributed by atoms with Crippen molar-refractivity contribution >= 4 is 47.6 Å². The molecule has 15 heteroatoms. The number of aromatic nitrogens is 5. The Bertz CT molecular complexity index is 2080. The van der Waals surface area contributed by atoms with Gasteiger partial charge in [0.1, 0.15) is 22.5 Å². The number of hydrogen-bond acceptors (Lipinski definition) is 12. The first kappa shape index (κ1) is 43.6. The molecule has 0 aliphatic carbocycles. The maximum Gasteiger partial charge on any atom is 0.413 e. The number of aliphatic hydroxyl groups is 1. The lowest BCUT2D eigenvalue weighted by atomic mass is 10.1.